The van der Waals surface area contributed by atoms with Gasteiger partial charge in [-0.05, 0) is 43.2 Å². The largest absolute Gasteiger partial charge is 0.497 e. The maximum Gasteiger partial charge on any atom is 0.254 e. The molecule has 6 nitrogen and oxygen atoms in total. The molecule has 0 unspecified atom stereocenters. The van der Waals surface area contributed by atoms with Crippen LogP contribution in [-0.4, -0.2) is 43.5 Å². The molecule has 148 valence electrons. The summed E-state index contributed by atoms with van der Waals surface area (Å²) >= 11 is 0. The van der Waals surface area contributed by atoms with E-state index in [9.17, 15) is 9.59 Å². The second-order valence-corrected chi connectivity index (χ2v) is 7.31. The Morgan fingerprint density at radius 1 is 1.11 bits per heavy atom. The lowest BCUT2D eigenvalue weighted by molar-refractivity contribution is -0.122. The molecule has 1 aliphatic heterocycles. The minimum absolute atomic E-state index is 0.0767. The monoisotopic (exact) mass is 382 g/mol. The van der Waals surface area contributed by atoms with Crippen molar-refractivity contribution in [2.75, 3.05) is 26.8 Å². The molecule has 0 radical (unpaired) electrons. The van der Waals surface area contributed by atoms with Crippen LogP contribution in [0.4, 0.5) is 0 Å². The minimum atomic E-state index is -0.492. The van der Waals surface area contributed by atoms with E-state index in [0.717, 1.165) is 18.6 Å². The van der Waals surface area contributed by atoms with Crippen molar-refractivity contribution in [3.05, 3.63) is 60.2 Å². The van der Waals surface area contributed by atoms with Gasteiger partial charge in [0.1, 0.15) is 11.5 Å². The maximum absolute atomic E-state index is 13.0. The van der Waals surface area contributed by atoms with Crippen LogP contribution in [0.15, 0.2) is 54.6 Å². The molecule has 1 saturated heterocycles. The van der Waals surface area contributed by atoms with Gasteiger partial charge in [-0.15, -0.1) is 0 Å². The molecule has 0 bridgehead atoms. The number of nitrogens with two attached hydrogens (primary N) is 1. The highest BCUT2D eigenvalue weighted by Gasteiger charge is 2.39. The highest BCUT2D eigenvalue weighted by Crippen LogP contribution is 2.35. The van der Waals surface area contributed by atoms with E-state index in [1.807, 2.05) is 30.3 Å². The molecule has 2 aromatic rings. The van der Waals surface area contributed by atoms with Gasteiger partial charge in [0.25, 0.3) is 5.91 Å². The fourth-order valence-electron chi connectivity index (χ4n) is 3.76. The molecule has 1 fully saturated rings. The van der Waals surface area contributed by atoms with Crippen molar-refractivity contribution in [3.8, 4) is 11.5 Å². The molecule has 28 heavy (non-hydrogen) atoms. The minimum Gasteiger partial charge on any atom is -0.497 e. The van der Waals surface area contributed by atoms with Crippen molar-refractivity contribution >= 4 is 11.8 Å². The number of piperidine rings is 1. The smallest absolute Gasteiger partial charge is 0.254 e. The normalized spacial score (nSPS) is 19.1. The van der Waals surface area contributed by atoms with Crippen LogP contribution in [0.5, 0.6) is 11.5 Å². The lowest BCUT2D eigenvalue weighted by atomic mass is 9.77. The SMILES string of the molecule is COc1cccc(C(=O)N2CCC[C@](COc3ccccc3)(CC(N)=O)C2)c1. The third-order valence-electron chi connectivity index (χ3n) is 5.10. The van der Waals surface area contributed by atoms with Crippen molar-refractivity contribution in [2.45, 2.75) is 19.3 Å². The van der Waals surface area contributed by atoms with Gasteiger partial charge in [0.2, 0.25) is 5.91 Å². The van der Waals surface area contributed by atoms with Crippen LogP contribution in [0.1, 0.15) is 29.6 Å². The topological polar surface area (TPSA) is 81.9 Å². The van der Waals surface area contributed by atoms with Crippen LogP contribution >= 0.6 is 0 Å². The standard InChI is InChI=1S/C22H26N2O4/c1-27-19-10-5-7-17(13-19)21(26)24-12-6-11-22(15-24,14-20(23)25)16-28-18-8-3-2-4-9-18/h2-5,7-10,13H,6,11-12,14-16H2,1H3,(H2,23,25)/t22-/m0/s1. The van der Waals surface area contributed by atoms with Crippen molar-refractivity contribution in [1.29, 1.82) is 0 Å². The number of para-hydroxylation sites is 1. The van der Waals surface area contributed by atoms with E-state index in [1.54, 1.807) is 36.3 Å². The second kappa shape index (κ2) is 8.78. The van der Waals surface area contributed by atoms with E-state index >= 15 is 0 Å². The fourth-order valence-corrected chi connectivity index (χ4v) is 3.76. The van der Waals surface area contributed by atoms with E-state index in [4.69, 9.17) is 15.2 Å². The van der Waals surface area contributed by atoms with Gasteiger partial charge in [0.15, 0.2) is 0 Å². The molecular formula is C22H26N2O4. The van der Waals surface area contributed by atoms with Crippen LogP contribution < -0.4 is 15.2 Å². The molecule has 0 spiro atoms. The molecule has 0 saturated carbocycles. The zero-order valence-corrected chi connectivity index (χ0v) is 16.1. The van der Waals surface area contributed by atoms with Gasteiger partial charge in [-0.1, -0.05) is 24.3 Å². The zero-order chi connectivity index (χ0) is 20.0. The number of hydrogen-bond donors (Lipinski definition) is 1. The van der Waals surface area contributed by atoms with Crippen molar-refractivity contribution in [1.82, 2.24) is 4.90 Å². The van der Waals surface area contributed by atoms with Crippen LogP contribution in [0.25, 0.3) is 0 Å². The van der Waals surface area contributed by atoms with E-state index in [0.29, 0.717) is 31.0 Å². The van der Waals surface area contributed by atoms with E-state index in [-0.39, 0.29) is 18.2 Å². The number of amides is 2. The van der Waals surface area contributed by atoms with Crippen molar-refractivity contribution in [3.63, 3.8) is 0 Å². The number of carbonyl (C=O) groups excluding carboxylic acids is 2. The number of hydrogen-bond acceptors (Lipinski definition) is 4. The first-order valence-electron chi connectivity index (χ1n) is 9.41. The number of ether oxygens (including phenoxy) is 2. The predicted octanol–water partition coefficient (Wildman–Crippen LogP) is 2.87. The number of nitrogens with zero attached hydrogens (tertiary/aromatic N) is 1. The summed E-state index contributed by atoms with van der Waals surface area (Å²) in [6.45, 7) is 1.41. The van der Waals surface area contributed by atoms with Crippen LogP contribution in [-0.2, 0) is 4.79 Å². The maximum atomic E-state index is 13.0. The molecule has 1 atom stereocenters. The summed E-state index contributed by atoms with van der Waals surface area (Å²) in [6, 6.07) is 16.6. The summed E-state index contributed by atoms with van der Waals surface area (Å²) in [5.74, 6) is 0.917. The van der Waals surface area contributed by atoms with Crippen LogP contribution in [0.3, 0.4) is 0 Å². The van der Waals surface area contributed by atoms with Gasteiger partial charge in [0, 0.05) is 30.5 Å². The Morgan fingerprint density at radius 2 is 1.86 bits per heavy atom. The first-order chi connectivity index (χ1) is 13.5. The van der Waals surface area contributed by atoms with Gasteiger partial charge >= 0.3 is 0 Å². The van der Waals surface area contributed by atoms with Gasteiger partial charge in [-0.25, -0.2) is 0 Å². The molecule has 0 aliphatic carbocycles. The summed E-state index contributed by atoms with van der Waals surface area (Å²) in [6.07, 6.45) is 1.76. The van der Waals surface area contributed by atoms with Gasteiger partial charge in [-0.3, -0.25) is 9.59 Å². The average Bonchev–Trinajstić information content (AvgIpc) is 2.72. The number of methoxy groups -OCH3 is 1. The highest BCUT2D eigenvalue weighted by molar-refractivity contribution is 5.94. The van der Waals surface area contributed by atoms with Crippen LogP contribution in [0.2, 0.25) is 0 Å². The van der Waals surface area contributed by atoms with Gasteiger partial charge in [0.05, 0.1) is 13.7 Å². The summed E-state index contributed by atoms with van der Waals surface area (Å²) in [4.78, 5) is 26.6. The number of carbonyl (C=O) groups is 2. The third-order valence-corrected chi connectivity index (χ3v) is 5.10. The molecule has 2 aromatic carbocycles. The third kappa shape index (κ3) is 4.82. The van der Waals surface area contributed by atoms with Gasteiger partial charge in [-0.2, -0.15) is 0 Å². The van der Waals surface area contributed by atoms with Crippen LogP contribution in [0, 0.1) is 5.41 Å². The van der Waals surface area contributed by atoms with Gasteiger partial charge < -0.3 is 20.1 Å². The zero-order valence-electron chi connectivity index (χ0n) is 16.1. The Morgan fingerprint density at radius 3 is 2.57 bits per heavy atom. The predicted molar refractivity (Wildman–Crippen MR) is 106 cm³/mol. The first-order valence-corrected chi connectivity index (χ1v) is 9.41. The first kappa shape index (κ1) is 19.7. The molecule has 2 amide bonds. The summed E-state index contributed by atoms with van der Waals surface area (Å²) < 4.78 is 11.2. The van der Waals surface area contributed by atoms with E-state index < -0.39 is 5.41 Å². The lowest BCUT2D eigenvalue weighted by Crippen LogP contribution is -2.50. The van der Waals surface area contributed by atoms with E-state index in [1.165, 1.54) is 0 Å². The van der Waals surface area contributed by atoms with E-state index in [2.05, 4.69) is 0 Å². The molecule has 2 N–H and O–H groups in total. The molecule has 1 heterocycles. The Bertz CT molecular complexity index is 824. The summed E-state index contributed by atoms with van der Waals surface area (Å²) in [5.41, 5.74) is 5.61. The molecule has 6 heteroatoms. The molecule has 3 rings (SSSR count). The quantitative estimate of drug-likeness (QED) is 0.798. The average molecular weight is 382 g/mol. The highest BCUT2D eigenvalue weighted by atomic mass is 16.5. The number of rotatable bonds is 7. The number of primary amides is 1. The second-order valence-electron chi connectivity index (χ2n) is 7.31. The van der Waals surface area contributed by atoms with Crippen molar-refractivity contribution < 1.29 is 19.1 Å². The molecule has 1 aliphatic rings. The Labute approximate surface area is 165 Å². The fraction of sp³-hybridized carbons (Fsp3) is 0.364. The Hall–Kier alpha value is -3.02. The molecule has 0 aromatic heterocycles. The number of benzene rings is 2. The summed E-state index contributed by atoms with van der Waals surface area (Å²) in [5, 5.41) is 0. The van der Waals surface area contributed by atoms with Crippen molar-refractivity contribution in [2.24, 2.45) is 11.1 Å². The number of likely N-dealkylation sites (tertiary alicyclic amines) is 1. The Kier molecular flexibility index (Phi) is 6.19. The Balaban J connectivity index is 1.77. The summed E-state index contributed by atoms with van der Waals surface area (Å²) in [7, 11) is 1.57. The molecular weight excluding hydrogens is 356 g/mol. The lowest BCUT2D eigenvalue weighted by Gasteiger charge is -2.42.